The molecular formula is C18H29ClN4O4S. The van der Waals surface area contributed by atoms with Gasteiger partial charge in [-0.05, 0) is 26.7 Å². The summed E-state index contributed by atoms with van der Waals surface area (Å²) in [6.45, 7) is 6.11. The number of ether oxygens (including phenoxy) is 3. The van der Waals surface area contributed by atoms with Gasteiger partial charge in [-0.25, -0.2) is 9.97 Å². The van der Waals surface area contributed by atoms with Gasteiger partial charge >= 0.3 is 0 Å². The number of nitrogens with one attached hydrogen (secondary N) is 1. The summed E-state index contributed by atoms with van der Waals surface area (Å²) in [5.41, 5.74) is 6.44. The van der Waals surface area contributed by atoms with Gasteiger partial charge in [0.1, 0.15) is 17.9 Å². The molecule has 1 aromatic heterocycles. The summed E-state index contributed by atoms with van der Waals surface area (Å²) in [6.07, 6.45) is 2.20. The van der Waals surface area contributed by atoms with E-state index in [1.807, 2.05) is 13.8 Å². The van der Waals surface area contributed by atoms with Gasteiger partial charge < -0.3 is 30.4 Å². The van der Waals surface area contributed by atoms with Gasteiger partial charge in [0.25, 0.3) is 0 Å². The normalized spacial score (nSPS) is 28.5. The van der Waals surface area contributed by atoms with E-state index in [9.17, 15) is 0 Å². The standard InChI is InChI=1S/C18H29ClN4O4S/c1-4-5-8-28-17-22-15(19)12(20)16(23-17)21-10-9-11(25-7-6-24)14-13(10)26-18(2,3)27-14/h10-11,13-14,24H,4-9,20H2,1-3H3,(H,21,22,23). The predicted octanol–water partition coefficient (Wildman–Crippen LogP) is 2.69. The van der Waals surface area contributed by atoms with E-state index in [1.165, 1.54) is 0 Å². The summed E-state index contributed by atoms with van der Waals surface area (Å²) in [6, 6.07) is -0.114. The number of hydrogen-bond donors (Lipinski definition) is 3. The van der Waals surface area contributed by atoms with E-state index < -0.39 is 5.79 Å². The number of nitrogens with zero attached hydrogens (tertiary/aromatic N) is 2. The third kappa shape index (κ3) is 5.01. The van der Waals surface area contributed by atoms with Crippen LogP contribution >= 0.6 is 23.4 Å². The van der Waals surface area contributed by atoms with Crippen LogP contribution < -0.4 is 11.1 Å². The number of rotatable bonds is 9. The van der Waals surface area contributed by atoms with E-state index in [4.69, 9.17) is 36.7 Å². The highest BCUT2D eigenvalue weighted by atomic mass is 35.5. The van der Waals surface area contributed by atoms with Crippen LogP contribution in [0, 0.1) is 0 Å². The highest BCUT2D eigenvalue weighted by Gasteiger charge is 2.54. The fourth-order valence-electron chi connectivity index (χ4n) is 3.52. The molecule has 0 bridgehead atoms. The van der Waals surface area contributed by atoms with Crippen molar-refractivity contribution in [2.45, 2.75) is 75.3 Å². The summed E-state index contributed by atoms with van der Waals surface area (Å²) in [4.78, 5) is 8.83. The van der Waals surface area contributed by atoms with E-state index in [2.05, 4.69) is 22.2 Å². The van der Waals surface area contributed by atoms with E-state index in [0.29, 0.717) is 23.1 Å². The van der Waals surface area contributed by atoms with Crippen molar-refractivity contribution in [3.8, 4) is 0 Å². The average molecular weight is 433 g/mol. The average Bonchev–Trinajstić information content (AvgIpc) is 3.11. The monoisotopic (exact) mass is 432 g/mol. The van der Waals surface area contributed by atoms with Crippen LogP contribution in [0.1, 0.15) is 40.0 Å². The number of nitrogens with two attached hydrogens (primary N) is 1. The second-order valence-electron chi connectivity index (χ2n) is 7.45. The Hall–Kier alpha value is -0.840. The van der Waals surface area contributed by atoms with Crippen molar-refractivity contribution in [3.05, 3.63) is 5.15 Å². The van der Waals surface area contributed by atoms with Crippen LogP contribution in [-0.2, 0) is 14.2 Å². The number of thioether (sulfide) groups is 1. The van der Waals surface area contributed by atoms with Crippen LogP contribution in [0.15, 0.2) is 5.16 Å². The maximum absolute atomic E-state index is 9.09. The largest absolute Gasteiger partial charge is 0.394 e. The third-order valence-electron chi connectivity index (χ3n) is 4.77. The Balaban J connectivity index is 1.76. The number of fused-ring (bicyclic) bond motifs is 1. The van der Waals surface area contributed by atoms with Gasteiger partial charge in [-0.1, -0.05) is 36.7 Å². The number of halogens is 1. The lowest BCUT2D eigenvalue weighted by Gasteiger charge is -2.24. The second-order valence-corrected chi connectivity index (χ2v) is 8.87. The van der Waals surface area contributed by atoms with Gasteiger partial charge in [0.15, 0.2) is 21.9 Å². The van der Waals surface area contributed by atoms with Crippen LogP contribution in [0.2, 0.25) is 5.15 Å². The van der Waals surface area contributed by atoms with Gasteiger partial charge in [-0.3, -0.25) is 0 Å². The fraction of sp³-hybridized carbons (Fsp3) is 0.778. The molecule has 1 aliphatic carbocycles. The quantitative estimate of drug-likeness (QED) is 0.234. The van der Waals surface area contributed by atoms with Crippen molar-refractivity contribution in [1.82, 2.24) is 9.97 Å². The minimum absolute atomic E-state index is 0.0386. The number of aromatic nitrogens is 2. The second kappa shape index (κ2) is 9.32. The molecule has 0 spiro atoms. The molecule has 2 fully saturated rings. The zero-order valence-electron chi connectivity index (χ0n) is 16.5. The molecule has 4 unspecified atom stereocenters. The van der Waals surface area contributed by atoms with Gasteiger partial charge in [0.05, 0.1) is 25.4 Å². The van der Waals surface area contributed by atoms with Crippen molar-refractivity contribution in [2.24, 2.45) is 0 Å². The SMILES string of the molecule is CCCCSc1nc(Cl)c(N)c(NC2CC(OCCO)C3OC(C)(C)OC23)n1. The zero-order valence-corrected chi connectivity index (χ0v) is 18.1. The minimum atomic E-state index is -0.702. The molecule has 4 N–H and O–H groups in total. The lowest BCUT2D eigenvalue weighted by atomic mass is 10.2. The van der Waals surface area contributed by atoms with E-state index >= 15 is 0 Å². The molecular weight excluding hydrogens is 404 g/mol. The molecule has 3 rings (SSSR count). The maximum atomic E-state index is 9.09. The maximum Gasteiger partial charge on any atom is 0.191 e. The van der Waals surface area contributed by atoms with Crippen molar-refractivity contribution >= 4 is 34.9 Å². The molecule has 1 saturated heterocycles. The number of aliphatic hydroxyl groups is 1. The zero-order chi connectivity index (χ0) is 20.3. The van der Waals surface area contributed by atoms with Gasteiger partial charge in [0.2, 0.25) is 0 Å². The number of anilines is 2. The number of hydrogen-bond acceptors (Lipinski definition) is 9. The van der Waals surface area contributed by atoms with Gasteiger partial charge in [0, 0.05) is 5.75 Å². The summed E-state index contributed by atoms with van der Waals surface area (Å²) in [5.74, 6) is 0.720. The molecule has 4 atom stereocenters. The van der Waals surface area contributed by atoms with Crippen LogP contribution in [0.25, 0.3) is 0 Å². The van der Waals surface area contributed by atoms with Crippen molar-refractivity contribution in [2.75, 3.05) is 30.0 Å². The fourth-order valence-corrected chi connectivity index (χ4v) is 4.67. The van der Waals surface area contributed by atoms with Crippen molar-refractivity contribution in [3.63, 3.8) is 0 Å². The van der Waals surface area contributed by atoms with Crippen LogP contribution in [-0.4, -0.2) is 64.2 Å². The Morgan fingerprint density at radius 3 is 2.82 bits per heavy atom. The molecule has 0 aromatic carbocycles. The molecule has 8 nitrogen and oxygen atoms in total. The number of nitrogen functional groups attached to an aromatic ring is 1. The molecule has 2 aliphatic rings. The molecule has 1 saturated carbocycles. The first-order valence-corrected chi connectivity index (χ1v) is 11.0. The molecule has 0 radical (unpaired) electrons. The number of unbranched alkanes of at least 4 members (excludes halogenated alkanes) is 1. The molecule has 1 aliphatic heterocycles. The number of aliphatic hydroxyl groups excluding tert-OH is 1. The molecule has 0 amide bonds. The highest BCUT2D eigenvalue weighted by molar-refractivity contribution is 7.99. The molecule has 28 heavy (non-hydrogen) atoms. The Labute approximate surface area is 174 Å². The van der Waals surface area contributed by atoms with Crippen LogP contribution in [0.4, 0.5) is 11.5 Å². The Morgan fingerprint density at radius 2 is 2.11 bits per heavy atom. The van der Waals surface area contributed by atoms with E-state index in [0.717, 1.165) is 18.6 Å². The Kier molecular flexibility index (Phi) is 7.27. The van der Waals surface area contributed by atoms with E-state index in [1.54, 1.807) is 11.8 Å². The molecule has 158 valence electrons. The molecule has 10 heteroatoms. The Morgan fingerprint density at radius 1 is 1.36 bits per heavy atom. The third-order valence-corrected chi connectivity index (χ3v) is 5.99. The topological polar surface area (TPSA) is 112 Å². The minimum Gasteiger partial charge on any atom is -0.394 e. The summed E-state index contributed by atoms with van der Waals surface area (Å²) < 4.78 is 17.9. The molecule has 1 aromatic rings. The first kappa shape index (κ1) is 21.9. The van der Waals surface area contributed by atoms with Gasteiger partial charge in [-0.15, -0.1) is 0 Å². The summed E-state index contributed by atoms with van der Waals surface area (Å²) >= 11 is 7.79. The molecule has 2 heterocycles. The van der Waals surface area contributed by atoms with Crippen molar-refractivity contribution < 1.29 is 19.3 Å². The lowest BCUT2D eigenvalue weighted by Crippen LogP contribution is -2.35. The van der Waals surface area contributed by atoms with E-state index in [-0.39, 0.29) is 42.7 Å². The smallest absolute Gasteiger partial charge is 0.191 e. The van der Waals surface area contributed by atoms with Crippen LogP contribution in [0.5, 0.6) is 0 Å². The first-order valence-electron chi connectivity index (χ1n) is 9.65. The van der Waals surface area contributed by atoms with Gasteiger partial charge in [-0.2, -0.15) is 0 Å². The Bertz CT molecular complexity index is 681. The summed E-state index contributed by atoms with van der Waals surface area (Å²) in [5, 5.41) is 13.3. The highest BCUT2D eigenvalue weighted by Crippen LogP contribution is 2.41. The van der Waals surface area contributed by atoms with Crippen molar-refractivity contribution in [1.29, 1.82) is 0 Å². The summed E-state index contributed by atoms with van der Waals surface area (Å²) in [7, 11) is 0. The first-order chi connectivity index (χ1) is 13.3. The lowest BCUT2D eigenvalue weighted by molar-refractivity contribution is -0.167. The van der Waals surface area contributed by atoms with Crippen LogP contribution in [0.3, 0.4) is 0 Å². The predicted molar refractivity (Wildman–Crippen MR) is 110 cm³/mol.